The minimum absolute atomic E-state index is 0.219. The summed E-state index contributed by atoms with van der Waals surface area (Å²) in [5.74, 6) is 0.219. The van der Waals surface area contributed by atoms with E-state index >= 15 is 0 Å². The molecule has 0 radical (unpaired) electrons. The van der Waals surface area contributed by atoms with E-state index in [4.69, 9.17) is 0 Å². The molecule has 0 aromatic carbocycles. The number of Topliss-reactive ketones (excluding diaryl/α,β-unsaturated/α-hetero) is 1. The van der Waals surface area contributed by atoms with Crippen LogP contribution >= 0.6 is 0 Å². The minimum Gasteiger partial charge on any atom is -0.294 e. The zero-order valence-corrected chi connectivity index (χ0v) is 8.42. The maximum Gasteiger partial charge on any atom is 0.162 e. The molecule has 1 heterocycles. The molecule has 2 nitrogen and oxygen atoms in total. The summed E-state index contributed by atoms with van der Waals surface area (Å²) >= 11 is 0. The van der Waals surface area contributed by atoms with Gasteiger partial charge in [0, 0.05) is 23.4 Å². The topological polar surface area (TPSA) is 30.0 Å². The Morgan fingerprint density at radius 3 is 2.31 bits per heavy atom. The zero-order chi connectivity index (χ0) is 9.84. The van der Waals surface area contributed by atoms with Gasteiger partial charge in [-0.25, -0.2) is 0 Å². The molecule has 1 rings (SSSR count). The van der Waals surface area contributed by atoms with Gasteiger partial charge in [0.2, 0.25) is 0 Å². The average molecular weight is 177 g/mol. The summed E-state index contributed by atoms with van der Waals surface area (Å²) in [6, 6.07) is 3.70. The van der Waals surface area contributed by atoms with Crippen LogP contribution < -0.4 is 0 Å². The van der Waals surface area contributed by atoms with Crippen LogP contribution in [0.3, 0.4) is 0 Å². The Morgan fingerprint density at radius 1 is 1.31 bits per heavy atom. The third kappa shape index (κ3) is 2.65. The summed E-state index contributed by atoms with van der Waals surface area (Å²) in [6.45, 7) is 5.84. The second kappa shape index (κ2) is 4.17. The number of aromatic nitrogens is 1. The Kier molecular flexibility index (Phi) is 3.18. The molecule has 2 heteroatoms. The van der Waals surface area contributed by atoms with Gasteiger partial charge in [-0.15, -0.1) is 0 Å². The van der Waals surface area contributed by atoms with Gasteiger partial charge in [-0.2, -0.15) is 0 Å². The van der Waals surface area contributed by atoms with Crippen LogP contribution in [-0.2, 0) is 0 Å². The molecule has 0 saturated carbocycles. The minimum atomic E-state index is 0.219. The predicted octanol–water partition coefficient (Wildman–Crippen LogP) is 2.68. The largest absolute Gasteiger partial charge is 0.294 e. The highest BCUT2D eigenvalue weighted by Gasteiger charge is 2.05. The number of carbonyl (C=O) groups is 1. The van der Waals surface area contributed by atoms with Crippen molar-refractivity contribution in [1.29, 1.82) is 0 Å². The van der Waals surface area contributed by atoms with Crippen LogP contribution in [0.4, 0.5) is 0 Å². The lowest BCUT2D eigenvalue weighted by molar-refractivity contribution is 0.0981. The Morgan fingerprint density at radius 2 is 1.85 bits per heavy atom. The van der Waals surface area contributed by atoms with Crippen LogP contribution in [0.5, 0.6) is 0 Å². The van der Waals surface area contributed by atoms with E-state index in [1.807, 2.05) is 32.9 Å². The van der Waals surface area contributed by atoms with E-state index in [0.717, 1.165) is 23.4 Å². The molecule has 0 unspecified atom stereocenters. The smallest absolute Gasteiger partial charge is 0.162 e. The first-order valence-corrected chi connectivity index (χ1v) is 4.62. The highest BCUT2D eigenvalue weighted by atomic mass is 16.1. The van der Waals surface area contributed by atoms with Gasteiger partial charge in [-0.3, -0.25) is 9.78 Å². The number of carbonyl (C=O) groups excluding carboxylic acids is 1. The van der Waals surface area contributed by atoms with Crippen LogP contribution in [0, 0.1) is 13.8 Å². The van der Waals surface area contributed by atoms with E-state index in [1.54, 1.807) is 0 Å². The first-order chi connectivity index (χ1) is 6.13. The zero-order valence-electron chi connectivity index (χ0n) is 8.42. The van der Waals surface area contributed by atoms with Gasteiger partial charge in [0.25, 0.3) is 0 Å². The third-order valence-corrected chi connectivity index (χ3v) is 1.88. The molecule has 0 atom stereocenters. The van der Waals surface area contributed by atoms with Crippen molar-refractivity contribution >= 4 is 5.78 Å². The summed E-state index contributed by atoms with van der Waals surface area (Å²) in [5.41, 5.74) is 2.63. The van der Waals surface area contributed by atoms with Crippen molar-refractivity contribution in [2.75, 3.05) is 0 Å². The van der Waals surface area contributed by atoms with Crippen molar-refractivity contribution in [2.45, 2.75) is 33.6 Å². The second-order valence-electron chi connectivity index (χ2n) is 3.31. The van der Waals surface area contributed by atoms with Gasteiger partial charge in [0.15, 0.2) is 5.78 Å². The summed E-state index contributed by atoms with van der Waals surface area (Å²) in [6.07, 6.45) is 1.53. The van der Waals surface area contributed by atoms with Gasteiger partial charge in [-0.05, 0) is 32.4 Å². The molecule has 13 heavy (non-hydrogen) atoms. The second-order valence-corrected chi connectivity index (χ2v) is 3.31. The molecule has 70 valence electrons. The maximum atomic E-state index is 11.5. The van der Waals surface area contributed by atoms with E-state index in [9.17, 15) is 4.79 Å². The monoisotopic (exact) mass is 177 g/mol. The molecule has 0 fully saturated rings. The van der Waals surface area contributed by atoms with Crippen LogP contribution in [0.1, 0.15) is 41.5 Å². The lowest BCUT2D eigenvalue weighted by atomic mass is 10.1. The molecule has 0 amide bonds. The van der Waals surface area contributed by atoms with E-state index in [1.165, 1.54) is 0 Å². The van der Waals surface area contributed by atoms with Gasteiger partial charge in [0.1, 0.15) is 0 Å². The van der Waals surface area contributed by atoms with Gasteiger partial charge in [0.05, 0.1) is 0 Å². The molecule has 0 spiro atoms. The third-order valence-electron chi connectivity index (χ3n) is 1.88. The summed E-state index contributed by atoms with van der Waals surface area (Å²) < 4.78 is 0. The molecular formula is C11H15NO. The van der Waals surface area contributed by atoms with Crippen molar-refractivity contribution < 1.29 is 4.79 Å². The molecule has 1 aromatic heterocycles. The molecule has 0 aliphatic heterocycles. The first-order valence-electron chi connectivity index (χ1n) is 4.62. The molecule has 0 N–H and O–H groups in total. The van der Waals surface area contributed by atoms with Gasteiger partial charge >= 0.3 is 0 Å². The lowest BCUT2D eigenvalue weighted by Gasteiger charge is -2.02. The van der Waals surface area contributed by atoms with Crippen LogP contribution in [0.25, 0.3) is 0 Å². The molecule has 0 aliphatic rings. The Bertz CT molecular complexity index is 298. The standard InChI is InChI=1S/C11H15NO/c1-4-5-11(13)10-6-8(2)12-9(3)7-10/h6-7H,4-5H2,1-3H3. The molecular weight excluding hydrogens is 162 g/mol. The predicted molar refractivity (Wildman–Crippen MR) is 52.9 cm³/mol. The highest BCUT2D eigenvalue weighted by molar-refractivity contribution is 5.96. The summed E-state index contributed by atoms with van der Waals surface area (Å²) in [7, 11) is 0. The van der Waals surface area contributed by atoms with Crippen LogP contribution in [0.15, 0.2) is 12.1 Å². The van der Waals surface area contributed by atoms with E-state index in [-0.39, 0.29) is 5.78 Å². The van der Waals surface area contributed by atoms with E-state index in [0.29, 0.717) is 6.42 Å². The molecule has 0 saturated heterocycles. The fourth-order valence-corrected chi connectivity index (χ4v) is 1.37. The van der Waals surface area contributed by atoms with Crippen molar-refractivity contribution in [3.8, 4) is 0 Å². The summed E-state index contributed by atoms with van der Waals surface area (Å²) in [4.78, 5) is 15.7. The average Bonchev–Trinajstić information content (AvgIpc) is 2.03. The van der Waals surface area contributed by atoms with E-state index in [2.05, 4.69) is 4.98 Å². The van der Waals surface area contributed by atoms with Gasteiger partial charge < -0.3 is 0 Å². The Balaban J connectivity index is 2.94. The SMILES string of the molecule is CCCC(=O)c1cc(C)nc(C)c1. The van der Waals surface area contributed by atoms with Crippen LogP contribution in [0.2, 0.25) is 0 Å². The normalized spacial score (nSPS) is 10.1. The Labute approximate surface area is 79.0 Å². The lowest BCUT2D eigenvalue weighted by Crippen LogP contribution is -2.00. The number of hydrogen-bond acceptors (Lipinski definition) is 2. The van der Waals surface area contributed by atoms with Crippen LogP contribution in [-0.4, -0.2) is 10.8 Å². The summed E-state index contributed by atoms with van der Waals surface area (Å²) in [5, 5.41) is 0. The highest BCUT2D eigenvalue weighted by Crippen LogP contribution is 2.08. The molecule has 0 bridgehead atoms. The molecule has 1 aromatic rings. The number of nitrogens with zero attached hydrogens (tertiary/aromatic N) is 1. The van der Waals surface area contributed by atoms with E-state index < -0.39 is 0 Å². The van der Waals surface area contributed by atoms with Crippen molar-refractivity contribution in [3.63, 3.8) is 0 Å². The van der Waals surface area contributed by atoms with Gasteiger partial charge in [-0.1, -0.05) is 6.92 Å². The number of rotatable bonds is 3. The van der Waals surface area contributed by atoms with Crippen molar-refractivity contribution in [2.24, 2.45) is 0 Å². The maximum absolute atomic E-state index is 11.5. The molecule has 0 aliphatic carbocycles. The van der Waals surface area contributed by atoms with Crippen molar-refractivity contribution in [3.05, 3.63) is 29.1 Å². The van der Waals surface area contributed by atoms with Crippen molar-refractivity contribution in [1.82, 2.24) is 4.98 Å². The number of hydrogen-bond donors (Lipinski definition) is 0. The fourth-order valence-electron chi connectivity index (χ4n) is 1.37. The Hall–Kier alpha value is -1.18. The number of ketones is 1. The quantitative estimate of drug-likeness (QED) is 0.664. The fraction of sp³-hybridized carbons (Fsp3) is 0.455. The number of pyridine rings is 1. The number of aryl methyl sites for hydroxylation is 2. The first kappa shape index (κ1) is 9.90.